The maximum atomic E-state index is 12.2. The van der Waals surface area contributed by atoms with Crippen LogP contribution in [0.5, 0.6) is 11.5 Å². The number of methoxy groups -OCH3 is 1. The second-order valence-electron chi connectivity index (χ2n) is 5.35. The molecular weight excluding hydrogens is 350 g/mol. The number of benzene rings is 2. The van der Waals surface area contributed by atoms with Gasteiger partial charge in [-0.3, -0.25) is 5.43 Å². The lowest BCUT2D eigenvalue weighted by molar-refractivity contribution is 0.0734. The van der Waals surface area contributed by atoms with Crippen LogP contribution in [0, 0.1) is 6.92 Å². The van der Waals surface area contributed by atoms with Crippen LogP contribution < -0.4 is 14.9 Å². The van der Waals surface area contributed by atoms with Crippen LogP contribution in [0.4, 0.5) is 5.13 Å². The molecule has 0 radical (unpaired) electrons. The lowest BCUT2D eigenvalue weighted by Crippen LogP contribution is -2.08. The molecule has 0 aliphatic rings. The van der Waals surface area contributed by atoms with E-state index in [2.05, 4.69) is 15.5 Å². The van der Waals surface area contributed by atoms with Crippen molar-refractivity contribution < 1.29 is 14.3 Å². The SMILES string of the molecule is COc1ccc(C(=O)Oc2cccc(C=NNc3nc(C)cs3)c2)cc1. The highest BCUT2D eigenvalue weighted by atomic mass is 32.1. The monoisotopic (exact) mass is 367 g/mol. The zero-order chi connectivity index (χ0) is 18.4. The Bertz CT molecular complexity index is 920. The Balaban J connectivity index is 1.63. The third-order valence-corrected chi connectivity index (χ3v) is 4.25. The van der Waals surface area contributed by atoms with Gasteiger partial charge in [0.2, 0.25) is 5.13 Å². The van der Waals surface area contributed by atoms with E-state index in [0.29, 0.717) is 17.1 Å². The molecule has 0 saturated heterocycles. The van der Waals surface area contributed by atoms with Gasteiger partial charge in [-0.1, -0.05) is 12.1 Å². The fourth-order valence-corrected chi connectivity index (χ4v) is 2.76. The molecule has 0 amide bonds. The number of hydrogen-bond acceptors (Lipinski definition) is 7. The van der Waals surface area contributed by atoms with Crippen molar-refractivity contribution in [1.29, 1.82) is 0 Å². The van der Waals surface area contributed by atoms with Crippen LogP contribution in [0.2, 0.25) is 0 Å². The van der Waals surface area contributed by atoms with Gasteiger partial charge in [-0.05, 0) is 48.9 Å². The molecule has 1 aromatic heterocycles. The van der Waals surface area contributed by atoms with Gasteiger partial charge in [0.15, 0.2) is 0 Å². The van der Waals surface area contributed by atoms with Crippen molar-refractivity contribution in [3.8, 4) is 11.5 Å². The van der Waals surface area contributed by atoms with Gasteiger partial charge in [-0.15, -0.1) is 11.3 Å². The van der Waals surface area contributed by atoms with Crippen molar-refractivity contribution in [2.75, 3.05) is 12.5 Å². The van der Waals surface area contributed by atoms with Crippen molar-refractivity contribution in [2.24, 2.45) is 5.10 Å². The summed E-state index contributed by atoms with van der Waals surface area (Å²) in [6.07, 6.45) is 1.64. The predicted molar refractivity (Wildman–Crippen MR) is 102 cm³/mol. The summed E-state index contributed by atoms with van der Waals surface area (Å²) in [6, 6.07) is 13.9. The van der Waals surface area contributed by atoms with Crippen molar-refractivity contribution in [3.63, 3.8) is 0 Å². The number of hydrazone groups is 1. The topological polar surface area (TPSA) is 72.8 Å². The van der Waals surface area contributed by atoms with Crippen molar-refractivity contribution in [1.82, 2.24) is 4.98 Å². The zero-order valence-electron chi connectivity index (χ0n) is 14.3. The molecule has 3 rings (SSSR count). The van der Waals surface area contributed by atoms with E-state index in [1.165, 1.54) is 11.3 Å². The van der Waals surface area contributed by atoms with E-state index in [4.69, 9.17) is 9.47 Å². The van der Waals surface area contributed by atoms with E-state index in [0.717, 1.165) is 16.4 Å². The first-order chi connectivity index (χ1) is 12.6. The van der Waals surface area contributed by atoms with Crippen LogP contribution in [0.25, 0.3) is 0 Å². The number of ether oxygens (including phenoxy) is 2. The van der Waals surface area contributed by atoms with Crippen molar-refractivity contribution >= 4 is 28.7 Å². The van der Waals surface area contributed by atoms with Gasteiger partial charge in [-0.25, -0.2) is 9.78 Å². The molecule has 0 saturated carbocycles. The number of nitrogens with one attached hydrogen (secondary N) is 1. The lowest BCUT2D eigenvalue weighted by Gasteiger charge is -2.06. The van der Waals surface area contributed by atoms with E-state index in [9.17, 15) is 4.79 Å². The number of thiazole rings is 1. The normalized spacial score (nSPS) is 10.7. The molecule has 7 heteroatoms. The summed E-state index contributed by atoms with van der Waals surface area (Å²) < 4.78 is 10.5. The average Bonchev–Trinajstić information content (AvgIpc) is 3.07. The summed E-state index contributed by atoms with van der Waals surface area (Å²) >= 11 is 1.48. The van der Waals surface area contributed by atoms with Crippen molar-refractivity contribution in [3.05, 3.63) is 70.7 Å². The first kappa shape index (κ1) is 17.6. The van der Waals surface area contributed by atoms with Gasteiger partial charge in [0, 0.05) is 5.38 Å². The van der Waals surface area contributed by atoms with Gasteiger partial charge < -0.3 is 9.47 Å². The fourth-order valence-electron chi connectivity index (χ4n) is 2.12. The highest BCUT2D eigenvalue weighted by Gasteiger charge is 2.09. The Morgan fingerprint density at radius 3 is 2.69 bits per heavy atom. The highest BCUT2D eigenvalue weighted by molar-refractivity contribution is 7.13. The third kappa shape index (κ3) is 4.67. The molecule has 2 aromatic carbocycles. The number of aryl methyl sites for hydroxylation is 1. The highest BCUT2D eigenvalue weighted by Crippen LogP contribution is 2.17. The number of nitrogens with zero attached hydrogens (tertiary/aromatic N) is 2. The summed E-state index contributed by atoms with van der Waals surface area (Å²) in [5.41, 5.74) is 5.06. The molecule has 132 valence electrons. The predicted octanol–water partition coefficient (Wildman–Crippen LogP) is 4.13. The molecule has 26 heavy (non-hydrogen) atoms. The number of aromatic nitrogens is 1. The number of carbonyl (C=O) groups excluding carboxylic acids is 1. The quantitative estimate of drug-likeness (QED) is 0.307. The van der Waals surface area contributed by atoms with Gasteiger partial charge in [0.05, 0.1) is 24.6 Å². The molecule has 0 unspecified atom stereocenters. The molecule has 3 aromatic rings. The Labute approximate surface area is 155 Å². The van der Waals surface area contributed by atoms with E-state index >= 15 is 0 Å². The summed E-state index contributed by atoms with van der Waals surface area (Å²) in [5, 5.41) is 6.81. The van der Waals surface area contributed by atoms with Crippen LogP contribution in [-0.2, 0) is 0 Å². The first-order valence-electron chi connectivity index (χ1n) is 7.81. The summed E-state index contributed by atoms with van der Waals surface area (Å²) in [5.74, 6) is 0.695. The number of rotatable bonds is 6. The zero-order valence-corrected chi connectivity index (χ0v) is 15.1. The average molecular weight is 367 g/mol. The maximum Gasteiger partial charge on any atom is 0.343 e. The third-order valence-electron chi connectivity index (χ3n) is 3.39. The second-order valence-corrected chi connectivity index (χ2v) is 6.21. The molecule has 1 N–H and O–H groups in total. The maximum absolute atomic E-state index is 12.2. The largest absolute Gasteiger partial charge is 0.497 e. The van der Waals surface area contributed by atoms with Gasteiger partial charge in [0.1, 0.15) is 11.5 Å². The molecule has 1 heterocycles. The van der Waals surface area contributed by atoms with E-state index in [1.54, 1.807) is 55.8 Å². The number of hydrogen-bond donors (Lipinski definition) is 1. The van der Waals surface area contributed by atoms with Gasteiger partial charge >= 0.3 is 5.97 Å². The Kier molecular flexibility index (Phi) is 5.60. The lowest BCUT2D eigenvalue weighted by atomic mass is 10.2. The van der Waals surface area contributed by atoms with Crippen LogP contribution in [0.1, 0.15) is 21.6 Å². The molecular formula is C19H17N3O3S. The Hall–Kier alpha value is -3.19. The van der Waals surface area contributed by atoms with Crippen LogP contribution in [-0.4, -0.2) is 24.3 Å². The number of anilines is 1. The summed E-state index contributed by atoms with van der Waals surface area (Å²) in [6.45, 7) is 1.92. The molecule has 0 aliphatic heterocycles. The Morgan fingerprint density at radius 1 is 1.19 bits per heavy atom. The molecule has 0 bridgehead atoms. The summed E-state index contributed by atoms with van der Waals surface area (Å²) in [4.78, 5) is 16.5. The van der Waals surface area contributed by atoms with E-state index in [1.807, 2.05) is 18.4 Å². The first-order valence-corrected chi connectivity index (χ1v) is 8.69. The van der Waals surface area contributed by atoms with Crippen LogP contribution in [0.3, 0.4) is 0 Å². The summed E-state index contributed by atoms with van der Waals surface area (Å²) in [7, 11) is 1.57. The van der Waals surface area contributed by atoms with Crippen LogP contribution >= 0.6 is 11.3 Å². The van der Waals surface area contributed by atoms with Crippen LogP contribution in [0.15, 0.2) is 59.0 Å². The second kappa shape index (κ2) is 8.26. The van der Waals surface area contributed by atoms with E-state index in [-0.39, 0.29) is 0 Å². The molecule has 0 atom stereocenters. The minimum absolute atomic E-state index is 0.432. The molecule has 6 nitrogen and oxygen atoms in total. The van der Waals surface area contributed by atoms with Gasteiger partial charge in [0.25, 0.3) is 0 Å². The van der Waals surface area contributed by atoms with Gasteiger partial charge in [-0.2, -0.15) is 5.10 Å². The fraction of sp³-hybridized carbons (Fsp3) is 0.105. The minimum Gasteiger partial charge on any atom is -0.497 e. The number of carbonyl (C=O) groups is 1. The minimum atomic E-state index is -0.432. The molecule has 0 spiro atoms. The standard InChI is InChI=1S/C19H17N3O3S/c1-13-12-26-19(21-13)22-20-11-14-4-3-5-17(10-14)25-18(23)15-6-8-16(24-2)9-7-15/h3-12H,1-2H3,(H,21,22). The molecule has 0 fully saturated rings. The smallest absolute Gasteiger partial charge is 0.343 e. The van der Waals surface area contributed by atoms with Crippen molar-refractivity contribution in [2.45, 2.75) is 6.92 Å². The van der Waals surface area contributed by atoms with E-state index < -0.39 is 5.97 Å². The molecule has 0 aliphatic carbocycles. The number of esters is 1. The Morgan fingerprint density at radius 2 is 2.00 bits per heavy atom.